The molecule has 1 fully saturated rings. The Morgan fingerprint density at radius 2 is 1.94 bits per heavy atom. The maximum absolute atomic E-state index is 11.5. The van der Waals surface area contributed by atoms with E-state index in [-0.39, 0.29) is 11.8 Å². The number of pyridine rings is 1. The molecular weight excluding hydrogens is 236 g/mol. The van der Waals surface area contributed by atoms with Gasteiger partial charge >= 0.3 is 0 Å². The molecule has 0 bridgehead atoms. The van der Waals surface area contributed by atoms with Gasteiger partial charge in [0.1, 0.15) is 0 Å². The monoisotopic (exact) mass is 254 g/mol. The molecule has 0 saturated carbocycles. The van der Waals surface area contributed by atoms with Gasteiger partial charge in [-0.25, -0.2) is 8.42 Å². The number of hydrogen-bond donors (Lipinski definition) is 1. The molecule has 1 saturated heterocycles. The molecule has 0 aromatic carbocycles. The third kappa shape index (κ3) is 3.43. The van der Waals surface area contributed by atoms with Crippen LogP contribution in [0.25, 0.3) is 0 Å². The van der Waals surface area contributed by atoms with E-state index in [9.17, 15) is 8.42 Å². The molecule has 1 aliphatic heterocycles. The summed E-state index contributed by atoms with van der Waals surface area (Å²) in [5, 5.41) is 3.30. The van der Waals surface area contributed by atoms with Crippen molar-refractivity contribution in [1.29, 1.82) is 0 Å². The minimum Gasteiger partial charge on any atom is -0.381 e. The first-order valence-electron chi connectivity index (χ1n) is 5.87. The van der Waals surface area contributed by atoms with E-state index in [1.807, 2.05) is 26.0 Å². The van der Waals surface area contributed by atoms with Crippen molar-refractivity contribution in [2.75, 3.05) is 16.8 Å². The van der Waals surface area contributed by atoms with Crippen LogP contribution in [0.1, 0.15) is 24.2 Å². The van der Waals surface area contributed by atoms with Gasteiger partial charge in [0.15, 0.2) is 9.84 Å². The highest BCUT2D eigenvalue weighted by Gasteiger charge is 2.24. The van der Waals surface area contributed by atoms with Crippen LogP contribution in [0.5, 0.6) is 0 Å². The van der Waals surface area contributed by atoms with Crippen LogP contribution in [0.15, 0.2) is 12.1 Å². The summed E-state index contributed by atoms with van der Waals surface area (Å²) in [6.45, 7) is 3.88. The van der Waals surface area contributed by atoms with Gasteiger partial charge in [-0.2, -0.15) is 0 Å². The molecule has 94 valence electrons. The third-order valence-corrected chi connectivity index (χ3v) is 4.74. The van der Waals surface area contributed by atoms with Crippen molar-refractivity contribution in [1.82, 2.24) is 4.98 Å². The molecule has 1 unspecified atom stereocenters. The predicted octanol–water partition coefficient (Wildman–Crippen LogP) is 1.69. The second-order valence-corrected chi connectivity index (χ2v) is 6.97. The predicted molar refractivity (Wildman–Crippen MR) is 69.0 cm³/mol. The van der Waals surface area contributed by atoms with Gasteiger partial charge in [0.05, 0.1) is 11.5 Å². The number of hydrogen-bond acceptors (Lipinski definition) is 4. The Kier molecular flexibility index (Phi) is 3.38. The zero-order valence-electron chi connectivity index (χ0n) is 10.2. The summed E-state index contributed by atoms with van der Waals surface area (Å²) in [5.41, 5.74) is 2.87. The Hall–Kier alpha value is -1.10. The highest BCUT2D eigenvalue weighted by atomic mass is 32.2. The standard InChI is InChI=1S/C12H18N2O2S/c1-9-6-12(7-10(2)13-9)14-11-4-3-5-17(15,16)8-11/h6-7,11H,3-5,8H2,1-2H3,(H,13,14). The number of sulfone groups is 1. The van der Waals surface area contributed by atoms with Gasteiger partial charge in [0, 0.05) is 23.1 Å². The fourth-order valence-corrected chi connectivity index (χ4v) is 3.93. The number of aryl methyl sites for hydroxylation is 2. The van der Waals surface area contributed by atoms with E-state index in [1.54, 1.807) is 0 Å². The van der Waals surface area contributed by atoms with Gasteiger partial charge in [0.2, 0.25) is 0 Å². The van der Waals surface area contributed by atoms with Crippen LogP contribution in [0.4, 0.5) is 5.69 Å². The normalized spacial score (nSPS) is 23.3. The Morgan fingerprint density at radius 1 is 1.29 bits per heavy atom. The molecular formula is C12H18N2O2S. The van der Waals surface area contributed by atoms with Gasteiger partial charge < -0.3 is 5.32 Å². The number of nitrogens with one attached hydrogen (secondary N) is 1. The van der Waals surface area contributed by atoms with E-state index < -0.39 is 9.84 Å². The zero-order chi connectivity index (χ0) is 12.5. The summed E-state index contributed by atoms with van der Waals surface area (Å²) in [5.74, 6) is 0.576. The Labute approximate surface area is 102 Å². The molecule has 1 N–H and O–H groups in total. The minimum absolute atomic E-state index is 0.0370. The van der Waals surface area contributed by atoms with Gasteiger partial charge in [-0.1, -0.05) is 0 Å². The SMILES string of the molecule is Cc1cc(NC2CCCS(=O)(=O)C2)cc(C)n1. The second kappa shape index (κ2) is 4.64. The number of nitrogens with zero attached hydrogens (tertiary/aromatic N) is 1. The van der Waals surface area contributed by atoms with E-state index in [0.717, 1.165) is 29.9 Å². The van der Waals surface area contributed by atoms with Crippen molar-refractivity contribution in [3.05, 3.63) is 23.5 Å². The summed E-state index contributed by atoms with van der Waals surface area (Å²) in [6.07, 6.45) is 1.67. The molecule has 5 heteroatoms. The molecule has 17 heavy (non-hydrogen) atoms. The van der Waals surface area contributed by atoms with E-state index in [0.29, 0.717) is 5.75 Å². The van der Waals surface area contributed by atoms with Crippen LogP contribution >= 0.6 is 0 Å². The summed E-state index contributed by atoms with van der Waals surface area (Å²) in [7, 11) is -2.85. The maximum Gasteiger partial charge on any atom is 0.152 e. The van der Waals surface area contributed by atoms with Crippen molar-refractivity contribution in [2.24, 2.45) is 0 Å². The largest absolute Gasteiger partial charge is 0.381 e. The van der Waals surface area contributed by atoms with Gasteiger partial charge in [0.25, 0.3) is 0 Å². The molecule has 0 amide bonds. The fourth-order valence-electron chi connectivity index (χ4n) is 2.29. The first-order valence-corrected chi connectivity index (χ1v) is 7.69. The van der Waals surface area contributed by atoms with Crippen LogP contribution in [-0.4, -0.2) is 30.9 Å². The Morgan fingerprint density at radius 3 is 2.53 bits per heavy atom. The highest BCUT2D eigenvalue weighted by Crippen LogP contribution is 2.18. The molecule has 0 radical (unpaired) electrons. The van der Waals surface area contributed by atoms with E-state index in [2.05, 4.69) is 10.3 Å². The first-order chi connectivity index (χ1) is 7.94. The van der Waals surface area contributed by atoms with Crippen LogP contribution in [0, 0.1) is 13.8 Å². The molecule has 0 spiro atoms. The number of anilines is 1. The zero-order valence-corrected chi connectivity index (χ0v) is 11.0. The first kappa shape index (κ1) is 12.4. The summed E-state index contributed by atoms with van der Waals surface area (Å²) >= 11 is 0. The molecule has 2 rings (SSSR count). The lowest BCUT2D eigenvalue weighted by atomic mass is 10.1. The molecule has 0 aliphatic carbocycles. The van der Waals surface area contributed by atoms with Crippen molar-refractivity contribution in [3.8, 4) is 0 Å². The van der Waals surface area contributed by atoms with Gasteiger partial charge in [-0.15, -0.1) is 0 Å². The average Bonchev–Trinajstić information content (AvgIpc) is 2.13. The minimum atomic E-state index is -2.85. The van der Waals surface area contributed by atoms with Crippen LogP contribution in [-0.2, 0) is 9.84 Å². The second-order valence-electron chi connectivity index (χ2n) is 4.74. The molecule has 1 aliphatic rings. The molecule has 1 atom stereocenters. The lowest BCUT2D eigenvalue weighted by Gasteiger charge is -2.24. The molecule has 1 aromatic heterocycles. The smallest absolute Gasteiger partial charge is 0.152 e. The molecule has 2 heterocycles. The van der Waals surface area contributed by atoms with E-state index >= 15 is 0 Å². The summed E-state index contributed by atoms with van der Waals surface area (Å²) in [4.78, 5) is 4.30. The van der Waals surface area contributed by atoms with Gasteiger partial charge in [-0.3, -0.25) is 4.98 Å². The Bertz CT molecular complexity index is 491. The highest BCUT2D eigenvalue weighted by molar-refractivity contribution is 7.91. The van der Waals surface area contributed by atoms with Crippen LogP contribution < -0.4 is 5.32 Å². The van der Waals surface area contributed by atoms with Crippen LogP contribution in [0.2, 0.25) is 0 Å². The summed E-state index contributed by atoms with van der Waals surface area (Å²) < 4.78 is 23.1. The average molecular weight is 254 g/mol. The lowest BCUT2D eigenvalue weighted by molar-refractivity contribution is 0.562. The van der Waals surface area contributed by atoms with Gasteiger partial charge in [-0.05, 0) is 38.8 Å². The topological polar surface area (TPSA) is 59.1 Å². The van der Waals surface area contributed by atoms with Crippen molar-refractivity contribution < 1.29 is 8.42 Å². The van der Waals surface area contributed by atoms with Crippen molar-refractivity contribution in [3.63, 3.8) is 0 Å². The number of aromatic nitrogens is 1. The van der Waals surface area contributed by atoms with Crippen molar-refractivity contribution in [2.45, 2.75) is 32.7 Å². The Balaban J connectivity index is 2.10. The van der Waals surface area contributed by atoms with E-state index in [1.165, 1.54) is 0 Å². The molecule has 1 aromatic rings. The maximum atomic E-state index is 11.5. The van der Waals surface area contributed by atoms with Crippen LogP contribution in [0.3, 0.4) is 0 Å². The summed E-state index contributed by atoms with van der Waals surface area (Å²) in [6, 6.07) is 3.94. The molecule has 4 nitrogen and oxygen atoms in total. The fraction of sp³-hybridized carbons (Fsp3) is 0.583. The quantitative estimate of drug-likeness (QED) is 0.872. The van der Waals surface area contributed by atoms with Crippen molar-refractivity contribution >= 4 is 15.5 Å². The third-order valence-electron chi connectivity index (χ3n) is 2.92. The van der Waals surface area contributed by atoms with E-state index in [4.69, 9.17) is 0 Å². The lowest BCUT2D eigenvalue weighted by Crippen LogP contribution is -2.34. The number of rotatable bonds is 2.